The molecule has 324 valence electrons. The van der Waals surface area contributed by atoms with Crippen molar-refractivity contribution in [1.82, 2.24) is 19.2 Å². The summed E-state index contributed by atoms with van der Waals surface area (Å²) in [5, 5.41) is 9.67. The van der Waals surface area contributed by atoms with Gasteiger partial charge in [0.1, 0.15) is 6.10 Å². The maximum atomic E-state index is 14.6. The molecule has 2 heterocycles. The molecule has 11 nitrogen and oxygen atoms in total. The van der Waals surface area contributed by atoms with Crippen molar-refractivity contribution in [2.45, 2.75) is 145 Å². The largest absolute Gasteiger partial charge is 0.481 e. The highest BCUT2D eigenvalue weighted by molar-refractivity contribution is 6.01. The van der Waals surface area contributed by atoms with Crippen molar-refractivity contribution in [3.8, 4) is 11.6 Å². The van der Waals surface area contributed by atoms with Crippen LogP contribution in [0.3, 0.4) is 0 Å². The monoisotopic (exact) mass is 815 g/mol. The van der Waals surface area contributed by atoms with Gasteiger partial charge in [-0.2, -0.15) is 0 Å². The van der Waals surface area contributed by atoms with E-state index in [0.29, 0.717) is 36.4 Å². The van der Waals surface area contributed by atoms with Gasteiger partial charge in [0.2, 0.25) is 5.88 Å². The fraction of sp³-hybridized carbons (Fsp3) is 0.729. The Morgan fingerprint density at radius 1 is 0.966 bits per heavy atom. The van der Waals surface area contributed by atoms with E-state index in [1.165, 1.54) is 5.57 Å². The molecule has 5 aliphatic carbocycles. The number of carbonyl (C=O) groups is 3. The fourth-order valence-corrected chi connectivity index (χ4v) is 14.0. The number of carboxylic acid groups (broad SMARTS) is 1. The lowest BCUT2D eigenvalue weighted by Gasteiger charge is -2.72. The molecule has 0 bridgehead atoms. The molecular formula is C48H70N4O7. The summed E-state index contributed by atoms with van der Waals surface area (Å²) in [6.45, 7) is 21.0. The maximum Gasteiger partial charge on any atom is 0.309 e. The Balaban J connectivity index is 1.27. The molecular weight excluding hydrogens is 745 g/mol. The standard InChI is InChI=1S/C48H70N4O7/c1-29(2)40-32(53)26-48(35-25-38(54)52(51(35)24-23-50(10)11)30-13-16-37(58-12)49-28-30)22-21-46(8)31(41(40)48)14-15-34-45(7)19-18-36(59-39(55)27-43(3,4)42(56)57)44(5,6)33(45)17-20-47(34,46)9/h13,16,25,28-29,31,33-34,36H,14-15,17-24,26-27H2,1-12H3,(H,56,57)/t31?,33?,34?,36?,45?,46-,47?,48?/m1/s1. The zero-order valence-corrected chi connectivity index (χ0v) is 37.9. The van der Waals surface area contributed by atoms with Crippen LogP contribution in [-0.2, 0) is 31.1 Å². The Morgan fingerprint density at radius 3 is 2.29 bits per heavy atom. The highest BCUT2D eigenvalue weighted by atomic mass is 16.5. The number of allylic oxidation sites excluding steroid dienone is 2. The van der Waals surface area contributed by atoms with Gasteiger partial charge >= 0.3 is 11.9 Å². The molecule has 0 saturated heterocycles. The van der Waals surface area contributed by atoms with Gasteiger partial charge in [0.25, 0.3) is 5.56 Å². The number of aromatic nitrogens is 3. The number of methoxy groups -OCH3 is 1. The van der Waals surface area contributed by atoms with Crippen LogP contribution in [0.4, 0.5) is 0 Å². The number of Topliss-reactive ketones (excluding diaryl/α,β-unsaturated/α-hetero) is 1. The summed E-state index contributed by atoms with van der Waals surface area (Å²) in [4.78, 5) is 60.5. The minimum absolute atomic E-state index is 0.00441. The lowest BCUT2D eigenvalue weighted by Crippen LogP contribution is -2.66. The van der Waals surface area contributed by atoms with Crippen LogP contribution in [0.25, 0.3) is 5.69 Å². The second-order valence-corrected chi connectivity index (χ2v) is 21.6. The number of ether oxygens (including phenoxy) is 2. The van der Waals surface area contributed by atoms with Crippen LogP contribution >= 0.6 is 0 Å². The third-order valence-electron chi connectivity index (χ3n) is 17.2. The average Bonchev–Trinajstić information content (AvgIpc) is 3.65. The molecule has 4 fully saturated rings. The third kappa shape index (κ3) is 6.57. The molecule has 1 N–H and O–H groups in total. The van der Waals surface area contributed by atoms with Gasteiger partial charge in [-0.25, -0.2) is 9.67 Å². The lowest BCUT2D eigenvalue weighted by molar-refractivity contribution is -0.232. The van der Waals surface area contributed by atoms with E-state index in [1.54, 1.807) is 37.9 Å². The van der Waals surface area contributed by atoms with Gasteiger partial charge < -0.3 is 19.5 Å². The van der Waals surface area contributed by atoms with Gasteiger partial charge in [0.15, 0.2) is 5.78 Å². The van der Waals surface area contributed by atoms with E-state index >= 15 is 0 Å². The molecule has 7 unspecified atom stereocenters. The maximum absolute atomic E-state index is 14.6. The number of likely N-dealkylation sites (N-methyl/N-ethyl adjacent to an activating group) is 1. The van der Waals surface area contributed by atoms with Gasteiger partial charge in [0.05, 0.1) is 43.1 Å². The summed E-state index contributed by atoms with van der Waals surface area (Å²) in [6.07, 6.45) is 9.30. The van der Waals surface area contributed by atoms with E-state index in [2.05, 4.69) is 63.0 Å². The first-order valence-electron chi connectivity index (χ1n) is 22.2. The van der Waals surface area contributed by atoms with Crippen LogP contribution in [-0.4, -0.2) is 75.9 Å². The number of fused-ring (bicyclic) bond motifs is 7. The molecule has 2 aromatic rings. The molecule has 7 rings (SSSR count). The number of carboxylic acids is 1. The molecule has 0 aromatic carbocycles. The molecule has 8 atom stereocenters. The first kappa shape index (κ1) is 43.4. The van der Waals surface area contributed by atoms with E-state index in [4.69, 9.17) is 9.47 Å². The Labute approximate surface area is 351 Å². The van der Waals surface area contributed by atoms with E-state index < -0.39 is 22.8 Å². The van der Waals surface area contributed by atoms with Crippen molar-refractivity contribution in [3.63, 3.8) is 0 Å². The third-order valence-corrected chi connectivity index (χ3v) is 17.2. The van der Waals surface area contributed by atoms with Crippen LogP contribution in [0.15, 0.2) is 40.3 Å². The van der Waals surface area contributed by atoms with Crippen LogP contribution in [0, 0.1) is 50.7 Å². The van der Waals surface area contributed by atoms with Gasteiger partial charge in [-0.05, 0) is 136 Å². The van der Waals surface area contributed by atoms with Gasteiger partial charge in [-0.1, -0.05) is 48.5 Å². The first-order valence-corrected chi connectivity index (χ1v) is 22.2. The molecule has 0 aliphatic heterocycles. The van der Waals surface area contributed by atoms with Crippen molar-refractivity contribution in [2.75, 3.05) is 27.7 Å². The van der Waals surface area contributed by atoms with Crippen molar-refractivity contribution in [2.24, 2.45) is 50.7 Å². The number of esters is 1. The Kier molecular flexibility index (Phi) is 10.8. The molecule has 59 heavy (non-hydrogen) atoms. The number of hydrogen-bond acceptors (Lipinski definition) is 8. The van der Waals surface area contributed by atoms with Crippen molar-refractivity contribution >= 4 is 17.7 Å². The van der Waals surface area contributed by atoms with E-state index in [0.717, 1.165) is 69.2 Å². The zero-order valence-electron chi connectivity index (χ0n) is 37.9. The average molecular weight is 815 g/mol. The van der Waals surface area contributed by atoms with Gasteiger partial charge in [-0.3, -0.25) is 23.9 Å². The molecule has 0 spiro atoms. The smallest absolute Gasteiger partial charge is 0.309 e. The predicted octanol–water partition coefficient (Wildman–Crippen LogP) is 8.25. The second kappa shape index (κ2) is 14.7. The van der Waals surface area contributed by atoms with Crippen molar-refractivity contribution in [1.29, 1.82) is 0 Å². The summed E-state index contributed by atoms with van der Waals surface area (Å²) in [7, 11) is 5.67. The van der Waals surface area contributed by atoms with Gasteiger partial charge in [0, 0.05) is 35.9 Å². The molecule has 5 aliphatic rings. The number of hydrogen-bond donors (Lipinski definition) is 1. The SMILES string of the molecule is COc1ccc(-n2c(=O)cc(C34CC[C@]5(C)C(CCC6C7(C)CCC(OC(=O)CC(C)(C)C(=O)O)C(C)(C)C7CCC65C)C3=C(C(C)C)C(=O)C4)n2CCN(C)C)cn1. The highest BCUT2D eigenvalue weighted by Gasteiger charge is 2.70. The zero-order chi connectivity index (χ0) is 43.2. The Bertz CT molecular complexity index is 2090. The number of aliphatic carboxylic acids is 1. The van der Waals surface area contributed by atoms with E-state index in [1.807, 2.05) is 26.2 Å². The first-order chi connectivity index (χ1) is 27.5. The van der Waals surface area contributed by atoms with Gasteiger partial charge in [-0.15, -0.1) is 0 Å². The van der Waals surface area contributed by atoms with Crippen LogP contribution < -0.4 is 10.3 Å². The molecule has 11 heteroatoms. The van der Waals surface area contributed by atoms with Crippen molar-refractivity contribution < 1.29 is 29.0 Å². The van der Waals surface area contributed by atoms with Crippen LogP contribution in [0.1, 0.15) is 132 Å². The lowest BCUT2D eigenvalue weighted by atomic mass is 9.33. The minimum atomic E-state index is -1.18. The minimum Gasteiger partial charge on any atom is -0.481 e. The summed E-state index contributed by atoms with van der Waals surface area (Å²) < 4.78 is 15.5. The number of carbonyl (C=O) groups excluding carboxylic acids is 2. The number of ketones is 1. The summed E-state index contributed by atoms with van der Waals surface area (Å²) in [6, 6.07) is 5.50. The molecule has 0 radical (unpaired) electrons. The summed E-state index contributed by atoms with van der Waals surface area (Å²) in [5.74, 6) is 0.343. The number of rotatable bonds is 11. The number of pyridine rings is 1. The second-order valence-electron chi connectivity index (χ2n) is 21.6. The quantitative estimate of drug-likeness (QED) is 0.223. The Morgan fingerprint density at radius 2 is 1.68 bits per heavy atom. The Hall–Kier alpha value is -3.73. The van der Waals surface area contributed by atoms with Crippen LogP contribution in [0.2, 0.25) is 0 Å². The molecule has 2 aromatic heterocycles. The highest BCUT2D eigenvalue weighted by Crippen LogP contribution is 2.77. The number of nitrogens with zero attached hydrogens (tertiary/aromatic N) is 4. The molecule has 4 saturated carbocycles. The summed E-state index contributed by atoms with van der Waals surface area (Å²) >= 11 is 0. The summed E-state index contributed by atoms with van der Waals surface area (Å²) in [5.41, 5.74) is 1.74. The van der Waals surface area contributed by atoms with Crippen molar-refractivity contribution in [3.05, 3.63) is 51.6 Å². The van der Waals surface area contributed by atoms with E-state index in [9.17, 15) is 24.3 Å². The van der Waals surface area contributed by atoms with E-state index in [-0.39, 0.29) is 57.4 Å². The fourth-order valence-electron chi connectivity index (χ4n) is 14.0. The normalized spacial score (nSPS) is 34.0. The molecule has 0 amide bonds. The predicted molar refractivity (Wildman–Crippen MR) is 228 cm³/mol. The van der Waals surface area contributed by atoms with Crippen LogP contribution in [0.5, 0.6) is 5.88 Å². The topological polar surface area (TPSA) is 133 Å².